The number of rotatable bonds is 4. The van der Waals surface area contributed by atoms with Gasteiger partial charge in [-0.25, -0.2) is 13.2 Å². The molecule has 1 aromatic carbocycles. The van der Waals surface area contributed by atoms with E-state index in [1.165, 1.54) is 7.11 Å². The lowest BCUT2D eigenvalue weighted by molar-refractivity contribution is 0.135. The molecule has 1 unspecified atom stereocenters. The molecule has 1 atom stereocenters. The van der Waals surface area contributed by atoms with Crippen molar-refractivity contribution in [1.29, 1.82) is 0 Å². The minimum atomic E-state index is -1.56. The Hall–Kier alpha value is -1.93. The van der Waals surface area contributed by atoms with Crippen molar-refractivity contribution in [3.63, 3.8) is 0 Å². The van der Waals surface area contributed by atoms with Gasteiger partial charge in [0.05, 0.1) is 6.61 Å². The molecule has 2 N–H and O–H groups in total. The number of nitrogens with zero attached hydrogens (tertiary/aromatic N) is 2. The minimum Gasteiger partial charge on any atom is -0.382 e. The summed E-state index contributed by atoms with van der Waals surface area (Å²) in [5, 5.41) is 3.63. The highest BCUT2D eigenvalue weighted by Gasteiger charge is 2.28. The van der Waals surface area contributed by atoms with Gasteiger partial charge in [0.2, 0.25) is 0 Å². The van der Waals surface area contributed by atoms with Crippen LogP contribution in [0.25, 0.3) is 11.5 Å². The van der Waals surface area contributed by atoms with E-state index in [1.807, 2.05) is 0 Å². The van der Waals surface area contributed by atoms with E-state index in [9.17, 15) is 13.2 Å². The standard InChI is InChI=1S/C12H12F3N3O2/c1-12(16,5-19-2)11-17-10(20-18-11)6-3-7(13)9(15)8(14)4-6/h3-4H,5,16H2,1-2H3. The number of methoxy groups -OCH3 is 1. The van der Waals surface area contributed by atoms with Crippen LogP contribution >= 0.6 is 0 Å². The van der Waals surface area contributed by atoms with Crippen LogP contribution < -0.4 is 5.73 Å². The van der Waals surface area contributed by atoms with Crippen molar-refractivity contribution < 1.29 is 22.4 Å². The maximum atomic E-state index is 13.1. The first-order valence-electron chi connectivity index (χ1n) is 5.62. The quantitative estimate of drug-likeness (QED) is 0.870. The van der Waals surface area contributed by atoms with Crippen LogP contribution in [-0.2, 0) is 10.3 Å². The molecule has 0 aliphatic heterocycles. The fourth-order valence-corrected chi connectivity index (χ4v) is 1.62. The van der Waals surface area contributed by atoms with Crippen LogP contribution in [0, 0.1) is 17.5 Å². The Bertz CT molecular complexity index is 605. The van der Waals surface area contributed by atoms with Crippen LogP contribution in [0.1, 0.15) is 12.7 Å². The lowest BCUT2D eigenvalue weighted by atomic mass is 10.1. The number of ether oxygens (including phenoxy) is 1. The Kier molecular flexibility index (Phi) is 3.78. The molecule has 5 nitrogen and oxygen atoms in total. The number of hydrogen-bond acceptors (Lipinski definition) is 5. The Morgan fingerprint density at radius 2 is 1.90 bits per heavy atom. The molecular weight excluding hydrogens is 275 g/mol. The van der Waals surface area contributed by atoms with Crippen molar-refractivity contribution in [3.8, 4) is 11.5 Å². The molecule has 0 fully saturated rings. The molecule has 8 heteroatoms. The maximum absolute atomic E-state index is 13.1. The average molecular weight is 287 g/mol. The zero-order valence-electron chi connectivity index (χ0n) is 10.8. The summed E-state index contributed by atoms with van der Waals surface area (Å²) >= 11 is 0. The summed E-state index contributed by atoms with van der Waals surface area (Å²) in [5.74, 6) is -4.29. The van der Waals surface area contributed by atoms with E-state index in [0.717, 1.165) is 12.1 Å². The summed E-state index contributed by atoms with van der Waals surface area (Å²) in [6.45, 7) is 1.73. The fourth-order valence-electron chi connectivity index (χ4n) is 1.62. The Balaban J connectivity index is 2.39. The number of aromatic nitrogens is 2. The molecule has 0 amide bonds. The predicted molar refractivity (Wildman–Crippen MR) is 63.0 cm³/mol. The molecule has 0 aliphatic carbocycles. The predicted octanol–water partition coefficient (Wildman–Crippen LogP) is 1.97. The normalized spacial score (nSPS) is 14.3. The van der Waals surface area contributed by atoms with Crippen LogP contribution in [0.3, 0.4) is 0 Å². The highest BCUT2D eigenvalue weighted by Crippen LogP contribution is 2.24. The van der Waals surface area contributed by atoms with E-state index >= 15 is 0 Å². The molecular formula is C12H12F3N3O2. The van der Waals surface area contributed by atoms with Crippen LogP contribution in [0.4, 0.5) is 13.2 Å². The van der Waals surface area contributed by atoms with Gasteiger partial charge in [-0.15, -0.1) is 0 Å². The van der Waals surface area contributed by atoms with Crippen LogP contribution in [0.2, 0.25) is 0 Å². The van der Waals surface area contributed by atoms with E-state index in [0.29, 0.717) is 0 Å². The van der Waals surface area contributed by atoms with E-state index in [-0.39, 0.29) is 23.9 Å². The maximum Gasteiger partial charge on any atom is 0.258 e. The molecule has 1 heterocycles. The third kappa shape index (κ3) is 2.66. The third-order valence-electron chi connectivity index (χ3n) is 2.61. The summed E-state index contributed by atoms with van der Waals surface area (Å²) in [5.41, 5.74) is 4.81. The zero-order chi connectivity index (χ0) is 14.9. The van der Waals surface area contributed by atoms with Gasteiger partial charge in [-0.2, -0.15) is 4.98 Å². The van der Waals surface area contributed by atoms with E-state index < -0.39 is 23.0 Å². The van der Waals surface area contributed by atoms with Crippen molar-refractivity contribution in [3.05, 3.63) is 35.4 Å². The number of hydrogen-bond donors (Lipinski definition) is 1. The van der Waals surface area contributed by atoms with Gasteiger partial charge in [0.15, 0.2) is 23.3 Å². The highest BCUT2D eigenvalue weighted by molar-refractivity contribution is 5.53. The van der Waals surface area contributed by atoms with Gasteiger partial charge in [0.25, 0.3) is 5.89 Å². The molecule has 1 aromatic heterocycles. The lowest BCUT2D eigenvalue weighted by Gasteiger charge is -2.18. The second kappa shape index (κ2) is 5.22. The van der Waals surface area contributed by atoms with Crippen molar-refractivity contribution in [2.24, 2.45) is 5.73 Å². The SMILES string of the molecule is COCC(C)(N)c1noc(-c2cc(F)c(F)c(F)c2)n1. The monoisotopic (exact) mass is 287 g/mol. The second-order valence-corrected chi connectivity index (χ2v) is 4.53. The fraction of sp³-hybridized carbons (Fsp3) is 0.333. The van der Waals surface area contributed by atoms with E-state index in [1.54, 1.807) is 6.92 Å². The largest absolute Gasteiger partial charge is 0.382 e. The number of halogens is 3. The molecule has 0 saturated carbocycles. The Labute approximate surface area is 112 Å². The van der Waals surface area contributed by atoms with Gasteiger partial charge >= 0.3 is 0 Å². The summed E-state index contributed by atoms with van der Waals surface area (Å²) in [4.78, 5) is 3.94. The molecule has 2 aromatic rings. The van der Waals surface area contributed by atoms with Gasteiger partial charge in [-0.1, -0.05) is 5.16 Å². The van der Waals surface area contributed by atoms with Crippen LogP contribution in [0.5, 0.6) is 0 Å². The summed E-state index contributed by atoms with van der Waals surface area (Å²) < 4.78 is 48.9. The zero-order valence-corrected chi connectivity index (χ0v) is 10.8. The molecule has 0 spiro atoms. The molecule has 0 saturated heterocycles. The van der Waals surface area contributed by atoms with Crippen molar-refractivity contribution in [2.75, 3.05) is 13.7 Å². The highest BCUT2D eigenvalue weighted by atomic mass is 19.2. The van der Waals surface area contributed by atoms with Crippen molar-refractivity contribution in [1.82, 2.24) is 10.1 Å². The first-order valence-corrected chi connectivity index (χ1v) is 5.62. The smallest absolute Gasteiger partial charge is 0.258 e. The van der Waals surface area contributed by atoms with Gasteiger partial charge in [-0.3, -0.25) is 0 Å². The number of benzene rings is 1. The lowest BCUT2D eigenvalue weighted by Crippen LogP contribution is -2.38. The average Bonchev–Trinajstić information content (AvgIpc) is 2.85. The Morgan fingerprint density at radius 1 is 1.30 bits per heavy atom. The first kappa shape index (κ1) is 14.5. The van der Waals surface area contributed by atoms with Crippen molar-refractivity contribution in [2.45, 2.75) is 12.5 Å². The molecule has 20 heavy (non-hydrogen) atoms. The molecule has 2 rings (SSSR count). The van der Waals surface area contributed by atoms with E-state index in [2.05, 4.69) is 10.1 Å². The summed E-state index contributed by atoms with van der Waals surface area (Å²) in [6.07, 6.45) is 0. The molecule has 0 aliphatic rings. The third-order valence-corrected chi connectivity index (χ3v) is 2.61. The Morgan fingerprint density at radius 3 is 2.45 bits per heavy atom. The summed E-state index contributed by atoms with van der Waals surface area (Å²) in [6, 6.07) is 1.53. The van der Waals surface area contributed by atoms with Gasteiger partial charge < -0.3 is 15.0 Å². The first-order chi connectivity index (χ1) is 9.35. The van der Waals surface area contributed by atoms with Gasteiger partial charge in [0.1, 0.15) is 5.54 Å². The van der Waals surface area contributed by atoms with Gasteiger partial charge in [0, 0.05) is 12.7 Å². The van der Waals surface area contributed by atoms with E-state index in [4.69, 9.17) is 15.0 Å². The molecule has 0 radical (unpaired) electrons. The minimum absolute atomic E-state index is 0.0756. The van der Waals surface area contributed by atoms with Gasteiger partial charge in [-0.05, 0) is 19.1 Å². The van der Waals surface area contributed by atoms with Crippen LogP contribution in [-0.4, -0.2) is 23.9 Å². The second-order valence-electron chi connectivity index (χ2n) is 4.53. The molecule has 0 bridgehead atoms. The summed E-state index contributed by atoms with van der Waals surface area (Å²) in [7, 11) is 1.46. The number of nitrogens with two attached hydrogens (primary N) is 1. The topological polar surface area (TPSA) is 74.2 Å². The molecule has 108 valence electrons. The van der Waals surface area contributed by atoms with Crippen molar-refractivity contribution >= 4 is 0 Å². The van der Waals surface area contributed by atoms with Crippen LogP contribution in [0.15, 0.2) is 16.7 Å².